The standard InChI is InChI=1S/C7H10N2O/c1-5(2)7-6(10)3-8-4-9-7/h3-5,10H,1-2H3. The molecule has 3 heteroatoms. The monoisotopic (exact) mass is 138 g/mol. The van der Waals surface area contributed by atoms with Crippen molar-refractivity contribution >= 4 is 0 Å². The van der Waals surface area contributed by atoms with Gasteiger partial charge in [-0.25, -0.2) is 9.97 Å². The Morgan fingerprint density at radius 2 is 2.20 bits per heavy atom. The third-order valence-electron chi connectivity index (χ3n) is 1.27. The van der Waals surface area contributed by atoms with Crippen molar-refractivity contribution in [1.29, 1.82) is 0 Å². The van der Waals surface area contributed by atoms with Gasteiger partial charge in [0, 0.05) is 0 Å². The Labute approximate surface area is 59.8 Å². The van der Waals surface area contributed by atoms with Gasteiger partial charge in [0.25, 0.3) is 0 Å². The van der Waals surface area contributed by atoms with E-state index in [-0.39, 0.29) is 11.7 Å². The predicted molar refractivity (Wildman–Crippen MR) is 37.8 cm³/mol. The van der Waals surface area contributed by atoms with Crippen LogP contribution in [-0.2, 0) is 0 Å². The van der Waals surface area contributed by atoms with Gasteiger partial charge in [-0.3, -0.25) is 0 Å². The van der Waals surface area contributed by atoms with Crippen LogP contribution in [0.1, 0.15) is 25.5 Å². The van der Waals surface area contributed by atoms with Crippen molar-refractivity contribution in [3.8, 4) is 5.75 Å². The van der Waals surface area contributed by atoms with Gasteiger partial charge in [-0.15, -0.1) is 0 Å². The van der Waals surface area contributed by atoms with Crippen molar-refractivity contribution in [2.24, 2.45) is 0 Å². The Bertz CT molecular complexity index is 223. The topological polar surface area (TPSA) is 46.0 Å². The lowest BCUT2D eigenvalue weighted by Crippen LogP contribution is -1.92. The largest absolute Gasteiger partial charge is 0.504 e. The summed E-state index contributed by atoms with van der Waals surface area (Å²) in [5.41, 5.74) is 0.704. The van der Waals surface area contributed by atoms with Crippen LogP contribution in [0.2, 0.25) is 0 Å². The number of aromatic hydroxyl groups is 1. The molecular weight excluding hydrogens is 128 g/mol. The zero-order chi connectivity index (χ0) is 7.56. The van der Waals surface area contributed by atoms with Crippen LogP contribution in [-0.4, -0.2) is 15.1 Å². The molecule has 0 spiro atoms. The molecule has 1 N–H and O–H groups in total. The Hall–Kier alpha value is -1.12. The van der Waals surface area contributed by atoms with Crippen molar-refractivity contribution in [3.05, 3.63) is 18.2 Å². The van der Waals surface area contributed by atoms with Crippen LogP contribution < -0.4 is 0 Å². The molecular formula is C7H10N2O. The maximum Gasteiger partial charge on any atom is 0.155 e. The second-order valence-corrected chi connectivity index (χ2v) is 2.45. The quantitative estimate of drug-likeness (QED) is 0.636. The smallest absolute Gasteiger partial charge is 0.155 e. The third-order valence-corrected chi connectivity index (χ3v) is 1.27. The molecule has 0 saturated heterocycles. The van der Waals surface area contributed by atoms with Crippen LogP contribution in [0.5, 0.6) is 5.75 Å². The Morgan fingerprint density at radius 1 is 1.50 bits per heavy atom. The summed E-state index contributed by atoms with van der Waals surface area (Å²) in [5, 5.41) is 9.16. The fourth-order valence-corrected chi connectivity index (χ4v) is 0.777. The summed E-state index contributed by atoms with van der Waals surface area (Å²) in [6.07, 6.45) is 2.84. The maximum absolute atomic E-state index is 9.16. The molecule has 3 nitrogen and oxygen atoms in total. The lowest BCUT2D eigenvalue weighted by molar-refractivity contribution is 0.456. The summed E-state index contributed by atoms with van der Waals surface area (Å²) in [5.74, 6) is 0.431. The molecule has 0 fully saturated rings. The summed E-state index contributed by atoms with van der Waals surface area (Å²) in [6.45, 7) is 3.95. The average molecular weight is 138 g/mol. The van der Waals surface area contributed by atoms with Gasteiger partial charge in [0.2, 0.25) is 0 Å². The van der Waals surface area contributed by atoms with Gasteiger partial charge in [-0.1, -0.05) is 13.8 Å². The molecule has 1 rings (SSSR count). The van der Waals surface area contributed by atoms with E-state index in [1.54, 1.807) is 0 Å². The first-order chi connectivity index (χ1) is 4.72. The molecule has 0 aliphatic rings. The molecule has 0 aromatic carbocycles. The second-order valence-electron chi connectivity index (χ2n) is 2.45. The minimum absolute atomic E-state index is 0.178. The molecule has 0 unspecified atom stereocenters. The fraction of sp³-hybridized carbons (Fsp3) is 0.429. The molecule has 1 aromatic heterocycles. The summed E-state index contributed by atoms with van der Waals surface area (Å²) < 4.78 is 0. The van der Waals surface area contributed by atoms with E-state index in [0.717, 1.165) is 0 Å². The highest BCUT2D eigenvalue weighted by molar-refractivity contribution is 5.23. The minimum atomic E-state index is 0.178. The third kappa shape index (κ3) is 1.23. The number of nitrogens with zero attached hydrogens (tertiary/aromatic N) is 2. The molecule has 0 aliphatic carbocycles. The Kier molecular flexibility index (Phi) is 1.85. The van der Waals surface area contributed by atoms with Gasteiger partial charge in [-0.2, -0.15) is 0 Å². The number of aromatic nitrogens is 2. The highest BCUT2D eigenvalue weighted by Gasteiger charge is 2.04. The van der Waals surface area contributed by atoms with Gasteiger partial charge in [0.15, 0.2) is 5.75 Å². The summed E-state index contributed by atoms with van der Waals surface area (Å²) in [7, 11) is 0. The van der Waals surface area contributed by atoms with Gasteiger partial charge in [0.1, 0.15) is 6.33 Å². The number of hydrogen-bond acceptors (Lipinski definition) is 3. The van der Waals surface area contributed by atoms with Crippen molar-refractivity contribution < 1.29 is 5.11 Å². The predicted octanol–water partition coefficient (Wildman–Crippen LogP) is 1.31. The fourth-order valence-electron chi connectivity index (χ4n) is 0.777. The van der Waals surface area contributed by atoms with Crippen molar-refractivity contribution in [1.82, 2.24) is 9.97 Å². The van der Waals surface area contributed by atoms with Crippen LogP contribution in [0, 0.1) is 0 Å². The van der Waals surface area contributed by atoms with Crippen LogP contribution in [0.4, 0.5) is 0 Å². The van der Waals surface area contributed by atoms with Crippen LogP contribution in [0.15, 0.2) is 12.5 Å². The molecule has 54 valence electrons. The molecule has 0 amide bonds. The zero-order valence-electron chi connectivity index (χ0n) is 6.07. The first-order valence-corrected chi connectivity index (χ1v) is 3.20. The summed E-state index contributed by atoms with van der Waals surface area (Å²) >= 11 is 0. The molecule has 1 heterocycles. The van der Waals surface area contributed by atoms with Crippen LogP contribution >= 0.6 is 0 Å². The second kappa shape index (κ2) is 2.64. The highest BCUT2D eigenvalue weighted by Crippen LogP contribution is 2.19. The minimum Gasteiger partial charge on any atom is -0.504 e. The summed E-state index contributed by atoms with van der Waals surface area (Å²) in [4.78, 5) is 7.58. The van der Waals surface area contributed by atoms with E-state index in [2.05, 4.69) is 9.97 Å². The first kappa shape index (κ1) is 6.99. The van der Waals surface area contributed by atoms with Crippen LogP contribution in [0.3, 0.4) is 0 Å². The molecule has 10 heavy (non-hydrogen) atoms. The number of hydrogen-bond donors (Lipinski definition) is 1. The van der Waals surface area contributed by atoms with E-state index in [0.29, 0.717) is 5.69 Å². The lowest BCUT2D eigenvalue weighted by atomic mass is 10.1. The molecule has 0 bridgehead atoms. The van der Waals surface area contributed by atoms with Gasteiger partial charge in [0.05, 0.1) is 11.9 Å². The van der Waals surface area contributed by atoms with E-state index in [1.165, 1.54) is 12.5 Å². The highest BCUT2D eigenvalue weighted by atomic mass is 16.3. The normalized spacial score (nSPS) is 10.3. The molecule has 0 saturated carbocycles. The maximum atomic E-state index is 9.16. The van der Waals surface area contributed by atoms with Crippen LogP contribution in [0.25, 0.3) is 0 Å². The van der Waals surface area contributed by atoms with E-state index < -0.39 is 0 Å². The summed E-state index contributed by atoms with van der Waals surface area (Å²) in [6, 6.07) is 0. The Morgan fingerprint density at radius 3 is 2.60 bits per heavy atom. The van der Waals surface area contributed by atoms with E-state index >= 15 is 0 Å². The SMILES string of the molecule is CC(C)c1ncncc1O. The molecule has 0 radical (unpaired) electrons. The van der Waals surface area contributed by atoms with Crippen molar-refractivity contribution in [2.75, 3.05) is 0 Å². The van der Waals surface area contributed by atoms with E-state index in [4.69, 9.17) is 5.11 Å². The van der Waals surface area contributed by atoms with E-state index in [1.807, 2.05) is 13.8 Å². The van der Waals surface area contributed by atoms with Crippen molar-refractivity contribution in [3.63, 3.8) is 0 Å². The number of rotatable bonds is 1. The Balaban J connectivity index is 3.03. The average Bonchev–Trinajstić information content (AvgIpc) is 1.88. The van der Waals surface area contributed by atoms with E-state index in [9.17, 15) is 0 Å². The first-order valence-electron chi connectivity index (χ1n) is 3.20. The molecule has 1 aromatic rings. The lowest BCUT2D eigenvalue weighted by Gasteiger charge is -2.03. The van der Waals surface area contributed by atoms with Crippen molar-refractivity contribution in [2.45, 2.75) is 19.8 Å². The molecule has 0 aliphatic heterocycles. The zero-order valence-corrected chi connectivity index (χ0v) is 6.07. The van der Waals surface area contributed by atoms with Gasteiger partial charge >= 0.3 is 0 Å². The van der Waals surface area contributed by atoms with Gasteiger partial charge in [-0.05, 0) is 5.92 Å². The van der Waals surface area contributed by atoms with Gasteiger partial charge < -0.3 is 5.11 Å². The molecule has 0 atom stereocenters.